The Balaban J connectivity index is 1.61. The molecule has 0 spiro atoms. The fourth-order valence-electron chi connectivity index (χ4n) is 5.80. The van der Waals surface area contributed by atoms with E-state index in [9.17, 15) is 0 Å². The molecule has 4 aliphatic carbocycles. The van der Waals surface area contributed by atoms with Gasteiger partial charge in [-0.15, -0.1) is 0 Å². The molecule has 5 rings (SSSR count). The van der Waals surface area contributed by atoms with Crippen molar-refractivity contribution in [2.45, 2.75) is 71.5 Å². The summed E-state index contributed by atoms with van der Waals surface area (Å²) in [5, 5.41) is 0. The van der Waals surface area contributed by atoms with Crippen LogP contribution in [0.15, 0.2) is 45.6 Å². The first-order valence-electron chi connectivity index (χ1n) is 9.39. The number of hydrogen-bond donors (Lipinski definition) is 0. The second kappa shape index (κ2) is 5.72. The van der Waals surface area contributed by atoms with Gasteiger partial charge in [0.15, 0.2) is 0 Å². The van der Waals surface area contributed by atoms with E-state index in [0.717, 1.165) is 0 Å². The number of hydrogen-bond acceptors (Lipinski definition) is 0. The van der Waals surface area contributed by atoms with Crippen molar-refractivity contribution in [1.82, 2.24) is 0 Å². The quantitative estimate of drug-likeness (QED) is 0.378. The molecule has 0 nitrogen and oxygen atoms in total. The van der Waals surface area contributed by atoms with E-state index in [-0.39, 0.29) is 0 Å². The molecular weight excluding hydrogens is 402 g/mol. The maximum atomic E-state index is 7.44. The van der Waals surface area contributed by atoms with Gasteiger partial charge < -0.3 is 0 Å². The molecule has 0 saturated carbocycles. The normalized spacial score (nSPS) is 35.0. The van der Waals surface area contributed by atoms with E-state index in [2.05, 4.69) is 12.2 Å². The van der Waals surface area contributed by atoms with Gasteiger partial charge in [0.2, 0.25) is 0 Å². The molecule has 0 amide bonds. The van der Waals surface area contributed by atoms with E-state index in [4.69, 9.17) is 17.0 Å². The molecule has 1 fully saturated rings. The van der Waals surface area contributed by atoms with Crippen molar-refractivity contribution >= 4 is 17.0 Å². The van der Waals surface area contributed by atoms with Crippen molar-refractivity contribution in [3.63, 3.8) is 0 Å². The fourth-order valence-corrected chi connectivity index (χ4v) is 20.5. The summed E-state index contributed by atoms with van der Waals surface area (Å²) in [6.07, 6.45) is 17.9. The Labute approximate surface area is 151 Å². The summed E-state index contributed by atoms with van der Waals surface area (Å²) in [7, 11) is 14.9. The number of allylic oxidation sites excluding steroid dienone is 8. The second-order valence-electron chi connectivity index (χ2n) is 7.99. The van der Waals surface area contributed by atoms with Crippen molar-refractivity contribution in [1.29, 1.82) is 0 Å². The SMILES string of the molecule is [Cl][Zr]1([Cl])[CH]2C(=CC3=C2CCCC3)CCC2=CC3=C(CCCC3)[CH]21. The number of rotatable bonds is 0. The molecule has 0 aromatic heterocycles. The molecule has 0 aromatic carbocycles. The monoisotopic (exact) mass is 424 g/mol. The van der Waals surface area contributed by atoms with Crippen LogP contribution in [0.5, 0.6) is 0 Å². The van der Waals surface area contributed by atoms with E-state index in [1.807, 2.05) is 0 Å². The molecule has 0 aromatic rings. The second-order valence-corrected chi connectivity index (χ2v) is 22.7. The van der Waals surface area contributed by atoms with E-state index >= 15 is 0 Å². The Morgan fingerprint density at radius 2 is 1.09 bits per heavy atom. The predicted octanol–water partition coefficient (Wildman–Crippen LogP) is 7.44. The van der Waals surface area contributed by atoms with Crippen LogP contribution in [0.2, 0.25) is 7.25 Å². The maximum absolute atomic E-state index is 7.44. The van der Waals surface area contributed by atoms with Gasteiger partial charge in [-0.05, 0) is 0 Å². The van der Waals surface area contributed by atoms with Gasteiger partial charge in [-0.2, -0.15) is 0 Å². The first-order valence-corrected chi connectivity index (χ1v) is 18.6. The summed E-state index contributed by atoms with van der Waals surface area (Å²) < 4.78 is 0.986. The zero-order chi connectivity index (χ0) is 15.6. The minimum atomic E-state index is -3.32. The number of halogens is 2. The van der Waals surface area contributed by atoms with Crippen LogP contribution in [0.3, 0.4) is 0 Å². The van der Waals surface area contributed by atoms with Crippen molar-refractivity contribution in [2.75, 3.05) is 0 Å². The third-order valence-electron chi connectivity index (χ3n) is 6.74. The predicted molar refractivity (Wildman–Crippen MR) is 95.6 cm³/mol. The van der Waals surface area contributed by atoms with Crippen LogP contribution in [-0.4, -0.2) is 0 Å². The van der Waals surface area contributed by atoms with Gasteiger partial charge in [-0.1, -0.05) is 0 Å². The van der Waals surface area contributed by atoms with Gasteiger partial charge in [0.05, 0.1) is 0 Å². The Bertz CT molecular complexity index is 634. The molecule has 122 valence electrons. The standard InChI is InChI=1S/C20H24.2ClH.Zr/c1-2-6-18-12-15(11-17(18)5-1)9-10-16-13-19-7-3-4-8-20(19)14-16;;;/h11-14H,1-10H2;2*1H;/q;;;+2/p-2. The van der Waals surface area contributed by atoms with E-state index in [0.29, 0.717) is 7.25 Å². The summed E-state index contributed by atoms with van der Waals surface area (Å²) in [6.45, 7) is 0. The van der Waals surface area contributed by atoms with E-state index < -0.39 is 17.9 Å². The Morgan fingerprint density at radius 3 is 1.57 bits per heavy atom. The van der Waals surface area contributed by atoms with Crippen LogP contribution < -0.4 is 0 Å². The molecule has 1 aliphatic heterocycles. The summed E-state index contributed by atoms with van der Waals surface area (Å²) in [5.74, 6) is 0. The molecule has 23 heavy (non-hydrogen) atoms. The molecule has 2 unspecified atom stereocenters. The zero-order valence-electron chi connectivity index (χ0n) is 13.6. The first-order chi connectivity index (χ1) is 11.2. The van der Waals surface area contributed by atoms with Crippen molar-refractivity contribution in [3.05, 3.63) is 45.6 Å². The van der Waals surface area contributed by atoms with Gasteiger partial charge in [0.25, 0.3) is 0 Å². The molecule has 2 atom stereocenters. The first kappa shape index (κ1) is 15.7. The molecule has 3 heteroatoms. The Hall–Kier alpha value is 0.423. The Morgan fingerprint density at radius 1 is 0.652 bits per heavy atom. The summed E-state index contributed by atoms with van der Waals surface area (Å²) in [6, 6.07) is 0. The molecule has 5 aliphatic rings. The molecule has 1 heterocycles. The summed E-state index contributed by atoms with van der Waals surface area (Å²) in [4.78, 5) is 0. The van der Waals surface area contributed by atoms with Crippen molar-refractivity contribution in [2.24, 2.45) is 0 Å². The van der Waals surface area contributed by atoms with Crippen molar-refractivity contribution < 1.29 is 17.9 Å². The third-order valence-corrected chi connectivity index (χ3v) is 19.2. The topological polar surface area (TPSA) is 0 Å². The van der Waals surface area contributed by atoms with E-state index in [1.54, 1.807) is 33.4 Å². The Kier molecular flexibility index (Phi) is 3.89. The van der Waals surface area contributed by atoms with Crippen LogP contribution in [0.25, 0.3) is 0 Å². The summed E-state index contributed by atoms with van der Waals surface area (Å²) >= 11 is -3.32. The van der Waals surface area contributed by atoms with Gasteiger partial charge in [-0.25, -0.2) is 0 Å². The molecule has 0 N–H and O–H groups in total. The average molecular weight is 427 g/mol. The third kappa shape index (κ3) is 2.33. The van der Waals surface area contributed by atoms with Crippen LogP contribution in [0, 0.1) is 0 Å². The number of fused-ring (bicyclic) bond motifs is 4. The minimum absolute atomic E-state index is 0.493. The van der Waals surface area contributed by atoms with Gasteiger partial charge in [0.1, 0.15) is 0 Å². The summed E-state index contributed by atoms with van der Waals surface area (Å²) in [5.41, 5.74) is 9.84. The van der Waals surface area contributed by atoms with Gasteiger partial charge in [0, 0.05) is 0 Å². The molecular formula is C20H24Cl2Zr. The van der Waals surface area contributed by atoms with Gasteiger partial charge in [-0.3, -0.25) is 0 Å². The van der Waals surface area contributed by atoms with Crippen LogP contribution in [0.1, 0.15) is 64.2 Å². The van der Waals surface area contributed by atoms with Crippen LogP contribution in [0.4, 0.5) is 0 Å². The van der Waals surface area contributed by atoms with Crippen molar-refractivity contribution in [3.8, 4) is 0 Å². The molecule has 1 saturated heterocycles. The van der Waals surface area contributed by atoms with Gasteiger partial charge >= 0.3 is 152 Å². The van der Waals surface area contributed by atoms with E-state index in [1.165, 1.54) is 64.2 Å². The zero-order valence-corrected chi connectivity index (χ0v) is 17.6. The molecule has 0 radical (unpaired) electrons. The fraction of sp³-hybridized carbons (Fsp3) is 0.600. The average Bonchev–Trinajstić information content (AvgIpc) is 3.08. The van der Waals surface area contributed by atoms with Crippen LogP contribution in [-0.2, 0) is 17.9 Å². The van der Waals surface area contributed by atoms with Crippen LogP contribution >= 0.6 is 17.0 Å². The molecule has 0 bridgehead atoms.